The standard InChI is InChI=1S/C15H21NO/c1-4-5-8-11-16-14-12-9-6-7-10-13(12)17-15(14,2)3/h4-7,9-10,14,16H,8,11H2,1-3H3/b5-4+. The van der Waals surface area contributed by atoms with Gasteiger partial charge in [-0.2, -0.15) is 0 Å². The highest BCUT2D eigenvalue weighted by atomic mass is 16.5. The van der Waals surface area contributed by atoms with Crippen molar-refractivity contribution in [2.75, 3.05) is 6.54 Å². The molecule has 1 aromatic carbocycles. The van der Waals surface area contributed by atoms with Crippen LogP contribution in [0.3, 0.4) is 0 Å². The molecule has 1 aliphatic rings. The first-order valence-electron chi connectivity index (χ1n) is 6.27. The Morgan fingerprint density at radius 2 is 2.12 bits per heavy atom. The summed E-state index contributed by atoms with van der Waals surface area (Å²) in [5.74, 6) is 1.01. The molecular weight excluding hydrogens is 210 g/mol. The van der Waals surface area contributed by atoms with Gasteiger partial charge in [0.25, 0.3) is 0 Å². The van der Waals surface area contributed by atoms with E-state index in [1.807, 2.05) is 12.1 Å². The summed E-state index contributed by atoms with van der Waals surface area (Å²) < 4.78 is 5.98. The van der Waals surface area contributed by atoms with E-state index in [0.717, 1.165) is 18.7 Å². The largest absolute Gasteiger partial charge is 0.486 e. The van der Waals surface area contributed by atoms with Crippen LogP contribution in [-0.2, 0) is 0 Å². The third-order valence-electron chi connectivity index (χ3n) is 3.19. The van der Waals surface area contributed by atoms with Crippen molar-refractivity contribution in [3.05, 3.63) is 42.0 Å². The van der Waals surface area contributed by atoms with Crippen molar-refractivity contribution < 1.29 is 4.74 Å². The molecule has 1 aliphatic heterocycles. The zero-order chi connectivity index (χ0) is 12.3. The fourth-order valence-corrected chi connectivity index (χ4v) is 2.36. The van der Waals surface area contributed by atoms with Gasteiger partial charge in [0, 0.05) is 5.56 Å². The molecule has 1 unspecified atom stereocenters. The Bertz CT molecular complexity index is 409. The molecule has 2 nitrogen and oxygen atoms in total. The second kappa shape index (κ2) is 4.92. The van der Waals surface area contributed by atoms with Crippen LogP contribution in [0.15, 0.2) is 36.4 Å². The minimum atomic E-state index is -0.167. The summed E-state index contributed by atoms with van der Waals surface area (Å²) in [6, 6.07) is 8.58. The molecule has 17 heavy (non-hydrogen) atoms. The molecule has 1 atom stereocenters. The smallest absolute Gasteiger partial charge is 0.125 e. The van der Waals surface area contributed by atoms with Gasteiger partial charge in [-0.3, -0.25) is 0 Å². The van der Waals surface area contributed by atoms with Crippen LogP contribution in [0.4, 0.5) is 0 Å². The first-order chi connectivity index (χ1) is 8.15. The summed E-state index contributed by atoms with van der Waals surface area (Å²) in [5.41, 5.74) is 1.11. The Morgan fingerprint density at radius 1 is 1.35 bits per heavy atom. The number of hydrogen-bond donors (Lipinski definition) is 1. The summed E-state index contributed by atoms with van der Waals surface area (Å²) in [6.45, 7) is 7.31. The predicted molar refractivity (Wildman–Crippen MR) is 71.3 cm³/mol. The number of fused-ring (bicyclic) bond motifs is 1. The van der Waals surface area contributed by atoms with E-state index in [-0.39, 0.29) is 11.6 Å². The average molecular weight is 231 g/mol. The van der Waals surface area contributed by atoms with Crippen molar-refractivity contribution in [1.29, 1.82) is 0 Å². The Labute approximate surface area is 104 Å². The molecule has 2 rings (SSSR count). The molecule has 0 aliphatic carbocycles. The first-order valence-corrected chi connectivity index (χ1v) is 6.27. The van der Waals surface area contributed by atoms with Gasteiger partial charge in [0.15, 0.2) is 0 Å². The molecule has 0 radical (unpaired) electrons. The lowest BCUT2D eigenvalue weighted by Gasteiger charge is -2.27. The first kappa shape index (κ1) is 12.2. The van der Waals surface area contributed by atoms with Gasteiger partial charge in [0.1, 0.15) is 11.4 Å². The highest BCUT2D eigenvalue weighted by molar-refractivity contribution is 5.42. The van der Waals surface area contributed by atoms with E-state index in [2.05, 4.69) is 50.4 Å². The number of nitrogens with one attached hydrogen (secondary N) is 1. The number of hydrogen-bond acceptors (Lipinski definition) is 2. The molecule has 0 saturated heterocycles. The number of rotatable bonds is 4. The van der Waals surface area contributed by atoms with E-state index >= 15 is 0 Å². The van der Waals surface area contributed by atoms with Crippen LogP contribution in [0.5, 0.6) is 5.75 Å². The lowest BCUT2D eigenvalue weighted by molar-refractivity contribution is 0.0969. The number of para-hydroxylation sites is 1. The Hall–Kier alpha value is -1.28. The highest BCUT2D eigenvalue weighted by Gasteiger charge is 2.40. The van der Waals surface area contributed by atoms with Crippen molar-refractivity contribution in [2.45, 2.75) is 38.8 Å². The van der Waals surface area contributed by atoms with E-state index < -0.39 is 0 Å². The SMILES string of the molecule is C/C=C/CCNC1c2ccccc2OC1(C)C. The summed E-state index contributed by atoms with van der Waals surface area (Å²) in [6.07, 6.45) is 5.33. The second-order valence-electron chi connectivity index (χ2n) is 4.99. The molecular formula is C15H21NO. The van der Waals surface area contributed by atoms with Crippen molar-refractivity contribution in [1.82, 2.24) is 5.32 Å². The summed E-state index contributed by atoms with van der Waals surface area (Å²) >= 11 is 0. The Morgan fingerprint density at radius 3 is 2.88 bits per heavy atom. The van der Waals surface area contributed by atoms with Crippen LogP contribution in [0.25, 0.3) is 0 Å². The van der Waals surface area contributed by atoms with Gasteiger partial charge in [0.05, 0.1) is 6.04 Å². The zero-order valence-corrected chi connectivity index (χ0v) is 10.9. The molecule has 0 fully saturated rings. The Kier molecular flexibility index (Phi) is 3.53. The fraction of sp³-hybridized carbons (Fsp3) is 0.467. The van der Waals surface area contributed by atoms with E-state index in [1.165, 1.54) is 5.56 Å². The van der Waals surface area contributed by atoms with Crippen molar-refractivity contribution in [2.24, 2.45) is 0 Å². The maximum absolute atomic E-state index is 5.98. The zero-order valence-electron chi connectivity index (χ0n) is 10.9. The topological polar surface area (TPSA) is 21.3 Å². The molecule has 0 spiro atoms. The van der Waals surface area contributed by atoms with Crippen LogP contribution in [0.1, 0.15) is 38.8 Å². The van der Waals surface area contributed by atoms with E-state index in [4.69, 9.17) is 4.74 Å². The molecule has 1 aromatic rings. The lowest BCUT2D eigenvalue weighted by Crippen LogP contribution is -2.39. The van der Waals surface area contributed by atoms with Crippen molar-refractivity contribution in [3.8, 4) is 5.75 Å². The fourth-order valence-electron chi connectivity index (χ4n) is 2.36. The van der Waals surface area contributed by atoms with Crippen LogP contribution >= 0.6 is 0 Å². The number of ether oxygens (including phenoxy) is 1. The third-order valence-corrected chi connectivity index (χ3v) is 3.19. The monoisotopic (exact) mass is 231 g/mol. The predicted octanol–water partition coefficient (Wildman–Crippen LogP) is 3.45. The minimum absolute atomic E-state index is 0.167. The molecule has 2 heteroatoms. The van der Waals surface area contributed by atoms with Crippen molar-refractivity contribution >= 4 is 0 Å². The van der Waals surface area contributed by atoms with Gasteiger partial charge < -0.3 is 10.1 Å². The summed E-state index contributed by atoms with van der Waals surface area (Å²) in [4.78, 5) is 0. The van der Waals surface area contributed by atoms with Gasteiger partial charge in [-0.15, -0.1) is 0 Å². The van der Waals surface area contributed by atoms with Gasteiger partial charge in [-0.1, -0.05) is 30.4 Å². The van der Waals surface area contributed by atoms with E-state index in [9.17, 15) is 0 Å². The van der Waals surface area contributed by atoms with Gasteiger partial charge in [-0.05, 0) is 39.8 Å². The average Bonchev–Trinajstić information content (AvgIpc) is 2.55. The van der Waals surface area contributed by atoms with Gasteiger partial charge >= 0.3 is 0 Å². The van der Waals surface area contributed by atoms with E-state index in [0.29, 0.717) is 0 Å². The normalized spacial score (nSPS) is 21.5. The highest BCUT2D eigenvalue weighted by Crippen LogP contribution is 2.42. The number of benzene rings is 1. The van der Waals surface area contributed by atoms with Crippen LogP contribution in [-0.4, -0.2) is 12.1 Å². The van der Waals surface area contributed by atoms with Crippen LogP contribution in [0, 0.1) is 0 Å². The van der Waals surface area contributed by atoms with Gasteiger partial charge in [-0.25, -0.2) is 0 Å². The maximum atomic E-state index is 5.98. The molecule has 0 saturated carbocycles. The third kappa shape index (κ3) is 2.52. The molecule has 0 bridgehead atoms. The van der Waals surface area contributed by atoms with Gasteiger partial charge in [0.2, 0.25) is 0 Å². The summed E-state index contributed by atoms with van der Waals surface area (Å²) in [7, 11) is 0. The molecule has 0 aromatic heterocycles. The number of allylic oxidation sites excluding steroid dienone is 1. The minimum Gasteiger partial charge on any atom is -0.486 e. The molecule has 1 N–H and O–H groups in total. The molecule has 0 amide bonds. The molecule has 1 heterocycles. The quantitative estimate of drug-likeness (QED) is 0.633. The van der Waals surface area contributed by atoms with Crippen LogP contribution in [0.2, 0.25) is 0 Å². The summed E-state index contributed by atoms with van der Waals surface area (Å²) in [5, 5.41) is 3.59. The maximum Gasteiger partial charge on any atom is 0.125 e. The van der Waals surface area contributed by atoms with Crippen molar-refractivity contribution in [3.63, 3.8) is 0 Å². The second-order valence-corrected chi connectivity index (χ2v) is 4.99. The van der Waals surface area contributed by atoms with E-state index in [1.54, 1.807) is 0 Å². The lowest BCUT2D eigenvalue weighted by atomic mass is 9.94. The Balaban J connectivity index is 2.09. The van der Waals surface area contributed by atoms with Crippen LogP contribution < -0.4 is 10.1 Å². The molecule has 92 valence electrons.